The molecular weight excluding hydrogens is 494 g/mol. The molecule has 2 aliphatic heterocycles. The van der Waals surface area contributed by atoms with Gasteiger partial charge >= 0.3 is 0 Å². The zero-order chi connectivity index (χ0) is 27.3. The number of para-hydroxylation sites is 1. The average molecular weight is 518 g/mol. The number of carbonyl (C=O) groups excluding carboxylic acids is 2. The van der Waals surface area contributed by atoms with Crippen molar-refractivity contribution < 1.29 is 14.5 Å². The first-order chi connectivity index (χ1) is 18.9. The van der Waals surface area contributed by atoms with Gasteiger partial charge in [0.25, 0.3) is 5.69 Å². The zero-order valence-electron chi connectivity index (χ0n) is 20.9. The van der Waals surface area contributed by atoms with Gasteiger partial charge in [0.1, 0.15) is 17.3 Å². The number of amides is 1. The molecule has 0 unspecified atom stereocenters. The van der Waals surface area contributed by atoms with Gasteiger partial charge in [0.2, 0.25) is 5.91 Å². The second-order valence-corrected chi connectivity index (χ2v) is 9.58. The molecule has 2 aromatic carbocycles. The third kappa shape index (κ3) is 3.25. The van der Waals surface area contributed by atoms with Gasteiger partial charge in [-0.2, -0.15) is 5.26 Å². The topological polar surface area (TPSA) is 112 Å². The smallest absolute Gasteiger partial charge is 0.271 e. The minimum absolute atomic E-state index is 0.0863. The number of non-ortho nitro benzene ring substituents is 1. The van der Waals surface area contributed by atoms with E-state index in [9.17, 15) is 25.0 Å². The molecule has 1 aromatic heterocycles. The maximum atomic E-state index is 14.6. The number of carbonyl (C=O) groups is 2. The Morgan fingerprint density at radius 3 is 2.56 bits per heavy atom. The molecule has 0 saturated heterocycles. The standard InChI is InChI=1S/C30H23N5O4/c1-2-15-33-24-12-4-3-11-22(24)30(29(33)37)23(19-31)28(32-16-5-6-17-32)34(25-13-8-14-26(36)27(25)30)20-9-7-10-21(18-20)35(38)39/h2-7,9-12,16-18H,1,8,13-15H2/t30-/m0/s1. The minimum atomic E-state index is -1.65. The SMILES string of the molecule is C=CCN1C(=O)[C@]2(C(C#N)=C(n3cccc3)N(c3cccc([N+](=O)[O-])c3)C3=C2C(=O)CCC3)c2ccccc21. The number of benzene rings is 2. The fourth-order valence-electron chi connectivity index (χ4n) is 6.13. The summed E-state index contributed by atoms with van der Waals surface area (Å²) in [4.78, 5) is 43.0. The third-order valence-electron chi connectivity index (χ3n) is 7.58. The van der Waals surface area contributed by atoms with Gasteiger partial charge in [-0.25, -0.2) is 0 Å². The van der Waals surface area contributed by atoms with Gasteiger partial charge in [-0.05, 0) is 37.1 Å². The first-order valence-electron chi connectivity index (χ1n) is 12.6. The van der Waals surface area contributed by atoms with Crippen molar-refractivity contribution in [3.8, 4) is 6.07 Å². The molecular formula is C30H23N5O4. The minimum Gasteiger partial charge on any atom is -0.309 e. The number of nitro groups is 1. The Morgan fingerprint density at radius 1 is 1.08 bits per heavy atom. The molecule has 1 atom stereocenters. The average Bonchev–Trinajstić information content (AvgIpc) is 3.56. The molecule has 0 radical (unpaired) electrons. The van der Waals surface area contributed by atoms with Crippen LogP contribution in [0.5, 0.6) is 0 Å². The van der Waals surface area contributed by atoms with E-state index in [1.54, 1.807) is 69.2 Å². The van der Waals surface area contributed by atoms with Crippen LogP contribution in [0.1, 0.15) is 24.8 Å². The van der Waals surface area contributed by atoms with E-state index in [0.29, 0.717) is 41.3 Å². The van der Waals surface area contributed by atoms with Crippen molar-refractivity contribution >= 4 is 34.6 Å². The molecule has 0 saturated carbocycles. The van der Waals surface area contributed by atoms with Crippen molar-refractivity contribution in [3.05, 3.63) is 118 Å². The molecule has 1 amide bonds. The van der Waals surface area contributed by atoms with Gasteiger partial charge in [0.15, 0.2) is 5.78 Å². The number of nitro benzene ring substituents is 1. The number of Topliss-reactive ketones (excluding diaryl/α,β-unsaturated/α-hetero) is 1. The van der Waals surface area contributed by atoms with Crippen molar-refractivity contribution in [1.82, 2.24) is 4.57 Å². The van der Waals surface area contributed by atoms with Crippen LogP contribution < -0.4 is 9.80 Å². The van der Waals surface area contributed by atoms with Gasteiger partial charge in [-0.3, -0.25) is 24.6 Å². The Labute approximate surface area is 224 Å². The van der Waals surface area contributed by atoms with Gasteiger partial charge in [0.05, 0.1) is 16.2 Å². The van der Waals surface area contributed by atoms with Crippen LogP contribution in [0.25, 0.3) is 5.82 Å². The Hall–Kier alpha value is -5.23. The largest absolute Gasteiger partial charge is 0.309 e. The van der Waals surface area contributed by atoms with Crippen LogP contribution in [0.15, 0.2) is 103 Å². The molecule has 0 fully saturated rings. The van der Waals surface area contributed by atoms with Crippen LogP contribution in [0.3, 0.4) is 0 Å². The lowest BCUT2D eigenvalue weighted by molar-refractivity contribution is -0.384. The van der Waals surface area contributed by atoms with Crippen LogP contribution in [0.4, 0.5) is 17.1 Å². The molecule has 0 N–H and O–H groups in total. The Kier molecular flexibility index (Phi) is 5.54. The third-order valence-corrected chi connectivity index (χ3v) is 7.58. The molecule has 3 aromatic rings. The molecule has 1 aliphatic carbocycles. The van der Waals surface area contributed by atoms with Gasteiger partial charge in [-0.15, -0.1) is 6.58 Å². The fraction of sp³-hybridized carbons (Fsp3) is 0.167. The summed E-state index contributed by atoms with van der Waals surface area (Å²) >= 11 is 0. The van der Waals surface area contributed by atoms with E-state index in [0.717, 1.165) is 0 Å². The summed E-state index contributed by atoms with van der Waals surface area (Å²) < 4.78 is 1.73. The van der Waals surface area contributed by atoms with Gasteiger partial charge in [-0.1, -0.05) is 30.3 Å². The lowest BCUT2D eigenvalue weighted by atomic mass is 9.63. The summed E-state index contributed by atoms with van der Waals surface area (Å²) in [6, 6.07) is 19.3. The van der Waals surface area contributed by atoms with E-state index in [4.69, 9.17) is 0 Å². The summed E-state index contributed by atoms with van der Waals surface area (Å²) in [5, 5.41) is 22.5. The quantitative estimate of drug-likeness (QED) is 0.265. The predicted molar refractivity (Wildman–Crippen MR) is 145 cm³/mol. The molecule has 6 rings (SSSR count). The lowest BCUT2D eigenvalue weighted by Gasteiger charge is -2.45. The summed E-state index contributed by atoms with van der Waals surface area (Å²) in [5.74, 6) is -0.235. The van der Waals surface area contributed by atoms with Crippen LogP contribution in [0.2, 0.25) is 0 Å². The van der Waals surface area contributed by atoms with E-state index in [2.05, 4.69) is 12.6 Å². The zero-order valence-corrected chi connectivity index (χ0v) is 20.9. The van der Waals surface area contributed by atoms with Crippen molar-refractivity contribution in [2.45, 2.75) is 24.7 Å². The molecule has 9 heteroatoms. The van der Waals surface area contributed by atoms with Crippen molar-refractivity contribution in [2.24, 2.45) is 0 Å². The number of aromatic nitrogens is 1. The molecule has 39 heavy (non-hydrogen) atoms. The number of allylic oxidation sites excluding steroid dienone is 1. The van der Waals surface area contributed by atoms with Crippen LogP contribution in [-0.2, 0) is 15.0 Å². The monoisotopic (exact) mass is 517 g/mol. The molecule has 3 heterocycles. The highest BCUT2D eigenvalue weighted by Gasteiger charge is 2.62. The van der Waals surface area contributed by atoms with Crippen molar-refractivity contribution in [3.63, 3.8) is 0 Å². The summed E-state index contributed by atoms with van der Waals surface area (Å²) in [5.41, 5.74) is 0.757. The van der Waals surface area contributed by atoms with Gasteiger partial charge < -0.3 is 9.47 Å². The first kappa shape index (κ1) is 24.1. The number of rotatable bonds is 5. The molecule has 9 nitrogen and oxygen atoms in total. The number of hydrogen-bond acceptors (Lipinski definition) is 6. The van der Waals surface area contributed by atoms with E-state index in [1.165, 1.54) is 12.1 Å². The normalized spacial score (nSPS) is 20.3. The van der Waals surface area contributed by atoms with Crippen molar-refractivity contribution in [2.75, 3.05) is 16.3 Å². The van der Waals surface area contributed by atoms with Crippen LogP contribution in [-0.4, -0.2) is 27.7 Å². The van der Waals surface area contributed by atoms with Crippen molar-refractivity contribution in [1.29, 1.82) is 5.26 Å². The molecule has 0 bridgehead atoms. The van der Waals surface area contributed by atoms with Crippen LogP contribution >= 0.6 is 0 Å². The molecule has 192 valence electrons. The maximum absolute atomic E-state index is 14.6. The van der Waals surface area contributed by atoms with E-state index in [-0.39, 0.29) is 41.5 Å². The number of ketones is 1. The van der Waals surface area contributed by atoms with Crippen LogP contribution in [0, 0.1) is 21.4 Å². The summed E-state index contributed by atoms with van der Waals surface area (Å²) in [6.07, 6.45) is 6.37. The predicted octanol–water partition coefficient (Wildman–Crippen LogP) is 5.09. The summed E-state index contributed by atoms with van der Waals surface area (Å²) in [7, 11) is 0. The Morgan fingerprint density at radius 2 is 1.85 bits per heavy atom. The first-order valence-corrected chi connectivity index (χ1v) is 12.6. The molecule has 3 aliphatic rings. The highest BCUT2D eigenvalue weighted by Crippen LogP contribution is 2.58. The highest BCUT2D eigenvalue weighted by molar-refractivity contribution is 6.22. The number of nitriles is 1. The fourth-order valence-corrected chi connectivity index (χ4v) is 6.13. The van der Waals surface area contributed by atoms with Gasteiger partial charge in [0, 0.05) is 60.0 Å². The van der Waals surface area contributed by atoms with E-state index >= 15 is 0 Å². The number of nitrogens with zero attached hydrogens (tertiary/aromatic N) is 5. The Bertz CT molecular complexity index is 1680. The molecule has 1 spiro atoms. The van der Waals surface area contributed by atoms with E-state index < -0.39 is 10.3 Å². The second-order valence-electron chi connectivity index (χ2n) is 9.58. The number of fused-ring (bicyclic) bond motifs is 3. The Balaban J connectivity index is 1.77. The maximum Gasteiger partial charge on any atom is 0.271 e. The van der Waals surface area contributed by atoms with E-state index in [1.807, 2.05) is 12.1 Å². The number of hydrogen-bond donors (Lipinski definition) is 0. The summed E-state index contributed by atoms with van der Waals surface area (Å²) in [6.45, 7) is 4.02. The second kappa shape index (κ2) is 8.96. The number of anilines is 2. The lowest BCUT2D eigenvalue weighted by Crippen LogP contribution is -2.51. The highest BCUT2D eigenvalue weighted by atomic mass is 16.6.